The van der Waals surface area contributed by atoms with E-state index in [1.807, 2.05) is 67.7 Å². The highest BCUT2D eigenvalue weighted by Crippen LogP contribution is 2.47. The summed E-state index contributed by atoms with van der Waals surface area (Å²) in [7, 11) is 1.83. The Morgan fingerprint density at radius 3 is 2.00 bits per heavy atom. The normalized spacial score (nSPS) is 14.7. The van der Waals surface area contributed by atoms with Crippen LogP contribution in [0.3, 0.4) is 0 Å². The fourth-order valence-electron chi connectivity index (χ4n) is 4.16. The van der Waals surface area contributed by atoms with E-state index in [9.17, 15) is 4.79 Å². The predicted molar refractivity (Wildman–Crippen MR) is 107 cm³/mol. The van der Waals surface area contributed by atoms with Gasteiger partial charge in [0.1, 0.15) is 5.75 Å². The van der Waals surface area contributed by atoms with E-state index in [-0.39, 0.29) is 5.56 Å². The molecule has 0 saturated carbocycles. The number of ether oxygens (including phenoxy) is 1. The molecular formula is C24H19NO2. The van der Waals surface area contributed by atoms with Crippen LogP contribution in [-0.2, 0) is 19.1 Å². The van der Waals surface area contributed by atoms with Gasteiger partial charge in [-0.3, -0.25) is 4.79 Å². The van der Waals surface area contributed by atoms with Crippen LogP contribution in [0, 0.1) is 0 Å². The molecule has 0 aliphatic carbocycles. The van der Waals surface area contributed by atoms with Crippen molar-refractivity contribution in [1.82, 2.24) is 4.57 Å². The highest BCUT2D eigenvalue weighted by Gasteiger charge is 2.45. The fraction of sp³-hybridized carbons (Fsp3) is 0.125. The molecule has 27 heavy (non-hydrogen) atoms. The molecule has 3 heteroatoms. The Kier molecular flexibility index (Phi) is 3.44. The van der Waals surface area contributed by atoms with Crippen LogP contribution in [0.4, 0.5) is 0 Å². The van der Waals surface area contributed by atoms with Crippen LogP contribution in [0.15, 0.2) is 89.7 Å². The van der Waals surface area contributed by atoms with E-state index >= 15 is 0 Å². The van der Waals surface area contributed by atoms with E-state index in [0.29, 0.717) is 12.2 Å². The summed E-state index contributed by atoms with van der Waals surface area (Å²) in [5.74, 6) is 0.710. The van der Waals surface area contributed by atoms with E-state index in [1.165, 1.54) is 0 Å². The van der Waals surface area contributed by atoms with Gasteiger partial charge in [-0.25, -0.2) is 0 Å². The largest absolute Gasteiger partial charge is 0.476 e. The molecule has 5 rings (SSSR count). The van der Waals surface area contributed by atoms with Gasteiger partial charge in [-0.15, -0.1) is 0 Å². The lowest BCUT2D eigenvalue weighted by Crippen LogP contribution is -2.33. The topological polar surface area (TPSA) is 31.2 Å². The first-order valence-corrected chi connectivity index (χ1v) is 9.11. The number of aromatic nitrogens is 1. The standard InChI is InChI=1S/C24H19NO2/c1-25-21-15-9-8-14-19(21)22-20(23(25)26)16-24(27-22,17-10-4-2-5-11-17)18-12-6-3-7-13-18/h2-15H,16H2,1H3. The zero-order valence-electron chi connectivity index (χ0n) is 15.1. The number of benzene rings is 3. The van der Waals surface area contributed by atoms with Crippen molar-refractivity contribution in [2.24, 2.45) is 7.05 Å². The number of fused-ring (bicyclic) bond motifs is 3. The summed E-state index contributed by atoms with van der Waals surface area (Å²) in [4.78, 5) is 13.1. The van der Waals surface area contributed by atoms with Gasteiger partial charge in [-0.05, 0) is 12.1 Å². The summed E-state index contributed by atoms with van der Waals surface area (Å²) in [5, 5.41) is 0.975. The Morgan fingerprint density at radius 2 is 1.37 bits per heavy atom. The van der Waals surface area contributed by atoms with Gasteiger partial charge < -0.3 is 9.30 Å². The van der Waals surface area contributed by atoms with Gasteiger partial charge in [0.15, 0.2) is 5.60 Å². The van der Waals surface area contributed by atoms with Gasteiger partial charge in [0.05, 0.1) is 11.1 Å². The lowest BCUT2D eigenvalue weighted by molar-refractivity contribution is 0.142. The first-order chi connectivity index (χ1) is 13.2. The van der Waals surface area contributed by atoms with Gasteiger partial charge in [0, 0.05) is 30.0 Å². The number of nitrogens with zero attached hydrogens (tertiary/aromatic N) is 1. The maximum absolute atomic E-state index is 13.1. The zero-order valence-corrected chi connectivity index (χ0v) is 15.1. The number of aryl methyl sites for hydroxylation is 1. The third-order valence-corrected chi connectivity index (χ3v) is 5.53. The second kappa shape index (κ2) is 5.85. The molecule has 0 saturated heterocycles. The van der Waals surface area contributed by atoms with Crippen molar-refractivity contribution in [3.63, 3.8) is 0 Å². The average Bonchev–Trinajstić information content (AvgIpc) is 3.16. The molecule has 4 aromatic rings. The number of para-hydroxylation sites is 1. The van der Waals surface area contributed by atoms with Crippen LogP contribution < -0.4 is 10.3 Å². The van der Waals surface area contributed by atoms with Crippen LogP contribution in [0.25, 0.3) is 10.9 Å². The minimum Gasteiger partial charge on any atom is -0.476 e. The van der Waals surface area contributed by atoms with E-state index in [4.69, 9.17) is 4.74 Å². The summed E-state index contributed by atoms with van der Waals surface area (Å²) >= 11 is 0. The number of rotatable bonds is 2. The van der Waals surface area contributed by atoms with Gasteiger partial charge in [0.2, 0.25) is 0 Å². The van der Waals surface area contributed by atoms with Crippen LogP contribution in [0.2, 0.25) is 0 Å². The Bertz CT molecular complexity index is 1150. The molecule has 132 valence electrons. The molecule has 0 amide bonds. The quantitative estimate of drug-likeness (QED) is 0.534. The summed E-state index contributed by atoms with van der Waals surface area (Å²) < 4.78 is 8.43. The van der Waals surface area contributed by atoms with Crippen LogP contribution >= 0.6 is 0 Å². The third kappa shape index (κ3) is 2.25. The lowest BCUT2D eigenvalue weighted by Gasteiger charge is -2.30. The van der Waals surface area contributed by atoms with Crippen molar-refractivity contribution in [3.8, 4) is 5.75 Å². The highest BCUT2D eigenvalue weighted by atomic mass is 16.5. The fourth-order valence-corrected chi connectivity index (χ4v) is 4.16. The SMILES string of the molecule is Cn1c(=O)c2c(c3ccccc31)OC(c1ccccc1)(c1ccccc1)C2. The van der Waals surface area contributed by atoms with Crippen molar-refractivity contribution in [1.29, 1.82) is 0 Å². The van der Waals surface area contributed by atoms with Crippen molar-refractivity contribution < 1.29 is 4.74 Å². The Balaban J connectivity index is 1.82. The van der Waals surface area contributed by atoms with Gasteiger partial charge >= 0.3 is 0 Å². The smallest absolute Gasteiger partial charge is 0.257 e. The third-order valence-electron chi connectivity index (χ3n) is 5.53. The maximum Gasteiger partial charge on any atom is 0.257 e. The first-order valence-electron chi connectivity index (χ1n) is 9.11. The Labute approximate surface area is 157 Å². The van der Waals surface area contributed by atoms with Gasteiger partial charge in [0.25, 0.3) is 5.56 Å². The number of hydrogen-bond acceptors (Lipinski definition) is 2. The number of pyridine rings is 1. The molecule has 0 radical (unpaired) electrons. The maximum atomic E-state index is 13.1. The molecule has 0 unspecified atom stereocenters. The second-order valence-corrected chi connectivity index (χ2v) is 7.03. The molecule has 1 aliphatic rings. The van der Waals surface area contributed by atoms with Crippen molar-refractivity contribution in [3.05, 3.63) is 112 Å². The first kappa shape index (κ1) is 15.9. The van der Waals surface area contributed by atoms with Crippen LogP contribution in [-0.4, -0.2) is 4.57 Å². The molecule has 2 heterocycles. The summed E-state index contributed by atoms with van der Waals surface area (Å²) in [5.41, 5.74) is 3.05. The molecule has 1 aromatic heterocycles. The molecule has 1 aliphatic heterocycles. The van der Waals surface area contributed by atoms with E-state index < -0.39 is 5.60 Å². The van der Waals surface area contributed by atoms with Crippen molar-refractivity contribution in [2.45, 2.75) is 12.0 Å². The lowest BCUT2D eigenvalue weighted by atomic mass is 9.83. The van der Waals surface area contributed by atoms with E-state index in [2.05, 4.69) is 24.3 Å². The average molecular weight is 353 g/mol. The van der Waals surface area contributed by atoms with E-state index in [1.54, 1.807) is 4.57 Å². The number of hydrogen-bond donors (Lipinski definition) is 0. The molecule has 0 N–H and O–H groups in total. The Morgan fingerprint density at radius 1 is 0.815 bits per heavy atom. The summed E-state index contributed by atoms with van der Waals surface area (Å²) in [6, 6.07) is 28.3. The molecule has 0 spiro atoms. The van der Waals surface area contributed by atoms with Crippen molar-refractivity contribution >= 4 is 10.9 Å². The second-order valence-electron chi connectivity index (χ2n) is 7.03. The van der Waals surface area contributed by atoms with Gasteiger partial charge in [-0.2, -0.15) is 0 Å². The molecule has 3 nitrogen and oxygen atoms in total. The zero-order chi connectivity index (χ0) is 18.4. The molecule has 0 fully saturated rings. The summed E-state index contributed by atoms with van der Waals surface area (Å²) in [6.45, 7) is 0. The molecule has 0 bridgehead atoms. The van der Waals surface area contributed by atoms with Crippen LogP contribution in [0.1, 0.15) is 16.7 Å². The minimum absolute atomic E-state index is 0.0115. The predicted octanol–water partition coefficient (Wildman–Crippen LogP) is 4.42. The van der Waals surface area contributed by atoms with Crippen molar-refractivity contribution in [2.75, 3.05) is 0 Å². The molecule has 0 atom stereocenters. The van der Waals surface area contributed by atoms with E-state index in [0.717, 1.165) is 27.6 Å². The highest BCUT2D eigenvalue weighted by molar-refractivity contribution is 5.87. The molecule has 3 aromatic carbocycles. The minimum atomic E-state index is -0.693. The monoisotopic (exact) mass is 353 g/mol. The molecular weight excluding hydrogens is 334 g/mol. The summed E-state index contributed by atoms with van der Waals surface area (Å²) in [6.07, 6.45) is 0.522. The van der Waals surface area contributed by atoms with Gasteiger partial charge in [-0.1, -0.05) is 72.8 Å². The Hall–Kier alpha value is -3.33. The van der Waals surface area contributed by atoms with Crippen LogP contribution in [0.5, 0.6) is 5.75 Å².